The lowest BCUT2D eigenvalue weighted by Gasteiger charge is -1.99. The van der Waals surface area contributed by atoms with Gasteiger partial charge in [-0.2, -0.15) is 0 Å². The molecule has 0 spiro atoms. The molecule has 0 saturated heterocycles. The Balaban J connectivity index is 2.42. The van der Waals surface area contributed by atoms with Crippen molar-refractivity contribution in [2.75, 3.05) is 0 Å². The first-order valence-corrected chi connectivity index (χ1v) is 5.68. The number of hydrogen-bond acceptors (Lipinski definition) is 4. The van der Waals surface area contributed by atoms with Gasteiger partial charge in [0.15, 0.2) is 0 Å². The molecule has 0 aliphatic heterocycles. The van der Waals surface area contributed by atoms with Crippen LogP contribution in [0.4, 0.5) is 0 Å². The van der Waals surface area contributed by atoms with Crippen molar-refractivity contribution in [3.63, 3.8) is 0 Å². The van der Waals surface area contributed by atoms with E-state index < -0.39 is 5.97 Å². The van der Waals surface area contributed by atoms with Crippen LogP contribution in [0.5, 0.6) is 0 Å². The monoisotopic (exact) mass is 249 g/mol. The van der Waals surface area contributed by atoms with Crippen LogP contribution in [0.15, 0.2) is 16.9 Å². The Morgan fingerprint density at radius 2 is 2.28 bits per heavy atom. The average molecular weight is 249 g/mol. The molecule has 2 aromatic heterocycles. The topological polar surface area (TPSA) is 81.2 Å². The summed E-state index contributed by atoms with van der Waals surface area (Å²) in [6, 6.07) is 0. The van der Waals surface area contributed by atoms with Gasteiger partial charge < -0.3 is 14.1 Å². The highest BCUT2D eigenvalue weighted by Crippen LogP contribution is 2.22. The van der Waals surface area contributed by atoms with Gasteiger partial charge in [0.25, 0.3) is 0 Å². The van der Waals surface area contributed by atoms with Gasteiger partial charge in [0, 0.05) is 13.2 Å². The van der Waals surface area contributed by atoms with E-state index in [9.17, 15) is 4.79 Å². The van der Waals surface area contributed by atoms with Crippen LogP contribution in [0, 0.1) is 5.92 Å². The molecule has 0 atom stereocenters. The molecule has 0 fully saturated rings. The second kappa shape index (κ2) is 4.64. The zero-order valence-corrected chi connectivity index (χ0v) is 10.5. The molecular formula is C12H15N3O3. The lowest BCUT2D eigenvalue weighted by atomic mass is 10.1. The summed E-state index contributed by atoms with van der Waals surface area (Å²) in [6.07, 6.45) is 3.91. The molecule has 0 amide bonds. The summed E-state index contributed by atoms with van der Waals surface area (Å²) in [5, 5.41) is 9.08. The Bertz CT molecular complexity index is 569. The summed E-state index contributed by atoms with van der Waals surface area (Å²) in [6.45, 7) is 4.00. The van der Waals surface area contributed by atoms with E-state index in [0.29, 0.717) is 23.7 Å². The summed E-state index contributed by atoms with van der Waals surface area (Å²) in [7, 11) is 1.83. The number of rotatable bonds is 4. The van der Waals surface area contributed by atoms with Crippen molar-refractivity contribution in [1.82, 2.24) is 14.5 Å². The van der Waals surface area contributed by atoms with Crippen molar-refractivity contribution in [3.8, 4) is 11.6 Å². The fourth-order valence-electron chi connectivity index (χ4n) is 1.68. The third-order valence-corrected chi connectivity index (χ3v) is 2.42. The second-order valence-electron chi connectivity index (χ2n) is 4.62. The second-order valence-corrected chi connectivity index (χ2v) is 4.62. The predicted octanol–water partition coefficient (Wildman–Crippen LogP) is 1.97. The maximum atomic E-state index is 11.1. The zero-order chi connectivity index (χ0) is 13.3. The molecule has 18 heavy (non-hydrogen) atoms. The van der Waals surface area contributed by atoms with E-state index in [1.165, 1.54) is 0 Å². The normalized spacial score (nSPS) is 11.1. The van der Waals surface area contributed by atoms with Crippen LogP contribution in [0.1, 0.15) is 30.1 Å². The molecule has 0 aromatic carbocycles. The van der Waals surface area contributed by atoms with Crippen molar-refractivity contribution in [2.45, 2.75) is 20.3 Å². The van der Waals surface area contributed by atoms with Gasteiger partial charge in [-0.05, 0) is 12.3 Å². The molecule has 96 valence electrons. The summed E-state index contributed by atoms with van der Waals surface area (Å²) in [5.74, 6) is -0.627. The zero-order valence-electron chi connectivity index (χ0n) is 10.5. The largest absolute Gasteiger partial charge is 0.475 e. The van der Waals surface area contributed by atoms with Crippen molar-refractivity contribution in [3.05, 3.63) is 24.0 Å². The first kappa shape index (κ1) is 12.3. The molecule has 0 aliphatic carbocycles. The molecule has 0 bridgehead atoms. The number of oxazole rings is 1. The summed E-state index contributed by atoms with van der Waals surface area (Å²) in [5.41, 5.74) is 1.01. The number of hydrogen-bond donors (Lipinski definition) is 1. The van der Waals surface area contributed by atoms with E-state index in [1.807, 2.05) is 20.9 Å². The molecule has 6 heteroatoms. The van der Waals surface area contributed by atoms with E-state index in [4.69, 9.17) is 9.52 Å². The molecular weight excluding hydrogens is 234 g/mol. The van der Waals surface area contributed by atoms with Gasteiger partial charge in [0.05, 0.1) is 12.0 Å². The highest BCUT2D eigenvalue weighted by atomic mass is 16.4. The van der Waals surface area contributed by atoms with Gasteiger partial charge in [0.1, 0.15) is 5.69 Å². The molecule has 2 aromatic rings. The van der Waals surface area contributed by atoms with Crippen molar-refractivity contribution >= 4 is 5.97 Å². The highest BCUT2D eigenvalue weighted by Gasteiger charge is 2.21. The minimum atomic E-state index is -1.10. The quantitative estimate of drug-likeness (QED) is 0.895. The van der Waals surface area contributed by atoms with Crippen LogP contribution in [-0.4, -0.2) is 25.6 Å². The molecule has 0 saturated carbocycles. The number of carboxylic acids is 1. The number of nitrogens with zero attached hydrogens (tertiary/aromatic N) is 3. The fraction of sp³-hybridized carbons (Fsp3) is 0.417. The smallest absolute Gasteiger partial charge is 0.373 e. The van der Waals surface area contributed by atoms with Crippen LogP contribution in [-0.2, 0) is 13.5 Å². The maximum absolute atomic E-state index is 11.1. The number of aryl methyl sites for hydroxylation is 1. The van der Waals surface area contributed by atoms with E-state index in [1.54, 1.807) is 17.1 Å². The Morgan fingerprint density at radius 1 is 1.56 bits per heavy atom. The molecule has 6 nitrogen and oxygen atoms in total. The van der Waals surface area contributed by atoms with Gasteiger partial charge in [0.2, 0.25) is 11.7 Å². The van der Waals surface area contributed by atoms with Gasteiger partial charge in [-0.1, -0.05) is 13.8 Å². The average Bonchev–Trinajstić information content (AvgIpc) is 2.83. The molecule has 2 rings (SSSR count). The number of aromatic carboxylic acids is 1. The first-order valence-electron chi connectivity index (χ1n) is 5.68. The summed E-state index contributed by atoms with van der Waals surface area (Å²) >= 11 is 0. The highest BCUT2D eigenvalue weighted by molar-refractivity contribution is 5.86. The summed E-state index contributed by atoms with van der Waals surface area (Å²) < 4.78 is 7.04. The van der Waals surface area contributed by atoms with Crippen LogP contribution < -0.4 is 0 Å². The van der Waals surface area contributed by atoms with E-state index in [-0.39, 0.29) is 11.7 Å². The molecule has 1 N–H and O–H groups in total. The maximum Gasteiger partial charge on any atom is 0.373 e. The van der Waals surface area contributed by atoms with E-state index >= 15 is 0 Å². The fourth-order valence-corrected chi connectivity index (χ4v) is 1.68. The van der Waals surface area contributed by atoms with Gasteiger partial charge >= 0.3 is 5.97 Å². The van der Waals surface area contributed by atoms with Crippen molar-refractivity contribution in [1.29, 1.82) is 0 Å². The van der Waals surface area contributed by atoms with Crippen LogP contribution >= 0.6 is 0 Å². The van der Waals surface area contributed by atoms with E-state index in [2.05, 4.69) is 9.97 Å². The summed E-state index contributed by atoms with van der Waals surface area (Å²) in [4.78, 5) is 19.4. The van der Waals surface area contributed by atoms with E-state index in [0.717, 1.165) is 0 Å². The number of aromatic nitrogens is 3. The lowest BCUT2D eigenvalue weighted by Crippen LogP contribution is -2.03. The standard InChI is InChI=1S/C12H15N3O3/c1-7(2)4-8-10(12(16)17)18-11(14-8)9-5-15(3)6-13-9/h5-7H,4H2,1-3H3,(H,16,17). The van der Waals surface area contributed by atoms with Gasteiger partial charge in [-0.3, -0.25) is 0 Å². The molecule has 0 unspecified atom stereocenters. The van der Waals surface area contributed by atoms with Crippen LogP contribution in [0.2, 0.25) is 0 Å². The molecule has 2 heterocycles. The molecule has 0 aliphatic rings. The SMILES string of the molecule is CC(C)Cc1nc(-c2cn(C)cn2)oc1C(=O)O. The number of imidazole rings is 1. The number of carboxylic acid groups (broad SMARTS) is 1. The Morgan fingerprint density at radius 3 is 2.78 bits per heavy atom. The van der Waals surface area contributed by atoms with Crippen LogP contribution in [0.25, 0.3) is 11.6 Å². The lowest BCUT2D eigenvalue weighted by molar-refractivity contribution is 0.0661. The van der Waals surface area contributed by atoms with Crippen molar-refractivity contribution in [2.24, 2.45) is 13.0 Å². The molecule has 0 radical (unpaired) electrons. The predicted molar refractivity (Wildman–Crippen MR) is 64.2 cm³/mol. The number of carbonyl (C=O) groups is 1. The minimum absolute atomic E-state index is 0.0932. The third-order valence-electron chi connectivity index (χ3n) is 2.42. The first-order chi connectivity index (χ1) is 8.47. The van der Waals surface area contributed by atoms with Gasteiger partial charge in [-0.15, -0.1) is 0 Å². The Hall–Kier alpha value is -2.11. The Kier molecular flexibility index (Phi) is 3.18. The Labute approximate surface area is 104 Å². The minimum Gasteiger partial charge on any atom is -0.475 e. The third kappa shape index (κ3) is 2.42. The van der Waals surface area contributed by atoms with Crippen molar-refractivity contribution < 1.29 is 14.3 Å². The van der Waals surface area contributed by atoms with Crippen LogP contribution in [0.3, 0.4) is 0 Å². The van der Waals surface area contributed by atoms with Gasteiger partial charge in [-0.25, -0.2) is 14.8 Å².